The lowest BCUT2D eigenvalue weighted by Crippen LogP contribution is -2.48. The van der Waals surface area contributed by atoms with Crippen molar-refractivity contribution in [2.45, 2.75) is 65.0 Å². The molecule has 122 valence electrons. The molecule has 0 bridgehead atoms. The van der Waals surface area contributed by atoms with Gasteiger partial charge in [0.15, 0.2) is 0 Å². The molecule has 5 heteroatoms. The van der Waals surface area contributed by atoms with Gasteiger partial charge in [0.1, 0.15) is 0 Å². The normalized spacial score (nSPS) is 17.8. The van der Waals surface area contributed by atoms with Crippen LogP contribution in [0, 0.1) is 5.92 Å². The largest absolute Gasteiger partial charge is 0.354 e. The van der Waals surface area contributed by atoms with E-state index in [1.165, 1.54) is 32.1 Å². The first kappa shape index (κ1) is 18.0. The summed E-state index contributed by atoms with van der Waals surface area (Å²) in [4.78, 5) is 25.6. The first-order chi connectivity index (χ1) is 9.90. The molecule has 1 saturated carbocycles. The van der Waals surface area contributed by atoms with Crippen LogP contribution < -0.4 is 10.6 Å². The molecule has 21 heavy (non-hydrogen) atoms. The molecule has 5 nitrogen and oxygen atoms in total. The molecule has 2 amide bonds. The number of amides is 2. The molecule has 1 fully saturated rings. The third kappa shape index (κ3) is 6.93. The third-order valence-electron chi connectivity index (χ3n) is 4.17. The Hall–Kier alpha value is -1.10. The summed E-state index contributed by atoms with van der Waals surface area (Å²) in [6.45, 7) is 6.72. The molecule has 0 aromatic heterocycles. The molecular weight excluding hydrogens is 266 g/mol. The average Bonchev–Trinajstić information content (AvgIpc) is 2.44. The molecule has 0 heterocycles. The van der Waals surface area contributed by atoms with Gasteiger partial charge in [0.05, 0.1) is 12.6 Å². The second kappa shape index (κ2) is 9.03. The Balaban J connectivity index is 2.29. The number of nitrogens with one attached hydrogen (secondary N) is 2. The minimum absolute atomic E-state index is 0.0143. The van der Waals surface area contributed by atoms with E-state index in [-0.39, 0.29) is 30.4 Å². The van der Waals surface area contributed by atoms with Gasteiger partial charge in [-0.3, -0.25) is 14.5 Å². The number of hydrogen-bond donors (Lipinski definition) is 2. The first-order valence-corrected chi connectivity index (χ1v) is 8.17. The number of carbonyl (C=O) groups is 2. The summed E-state index contributed by atoms with van der Waals surface area (Å²) in [6, 6.07) is -0.159. The fourth-order valence-electron chi connectivity index (χ4n) is 2.72. The third-order valence-corrected chi connectivity index (χ3v) is 4.17. The van der Waals surface area contributed by atoms with Crippen LogP contribution >= 0.6 is 0 Å². The van der Waals surface area contributed by atoms with Crippen LogP contribution in [0.4, 0.5) is 0 Å². The van der Waals surface area contributed by atoms with E-state index in [1.807, 2.05) is 27.8 Å². The maximum absolute atomic E-state index is 12.1. The minimum Gasteiger partial charge on any atom is -0.354 e. The van der Waals surface area contributed by atoms with E-state index in [0.29, 0.717) is 5.92 Å². The number of rotatable bonds is 7. The maximum atomic E-state index is 12.1. The molecule has 2 N–H and O–H groups in total. The fraction of sp³-hybridized carbons (Fsp3) is 0.875. The highest BCUT2D eigenvalue weighted by atomic mass is 16.2. The summed E-state index contributed by atoms with van der Waals surface area (Å²) in [5.74, 6) is 0.601. The van der Waals surface area contributed by atoms with Crippen molar-refractivity contribution in [1.82, 2.24) is 15.5 Å². The van der Waals surface area contributed by atoms with Gasteiger partial charge in [-0.05, 0) is 46.6 Å². The molecule has 0 spiro atoms. The monoisotopic (exact) mass is 297 g/mol. The van der Waals surface area contributed by atoms with Gasteiger partial charge in [-0.1, -0.05) is 19.3 Å². The molecule has 0 aliphatic heterocycles. The summed E-state index contributed by atoms with van der Waals surface area (Å²) in [5, 5.41) is 5.87. The van der Waals surface area contributed by atoms with Gasteiger partial charge in [-0.25, -0.2) is 0 Å². The first-order valence-electron chi connectivity index (χ1n) is 8.17. The van der Waals surface area contributed by atoms with Gasteiger partial charge in [0.25, 0.3) is 0 Å². The molecule has 0 aromatic carbocycles. The van der Waals surface area contributed by atoms with Crippen molar-refractivity contribution in [2.75, 3.05) is 20.1 Å². The zero-order chi connectivity index (χ0) is 15.8. The molecule has 0 aromatic rings. The summed E-state index contributed by atoms with van der Waals surface area (Å²) in [6.07, 6.45) is 6.34. The van der Waals surface area contributed by atoms with Crippen molar-refractivity contribution in [3.63, 3.8) is 0 Å². The zero-order valence-corrected chi connectivity index (χ0v) is 13.9. The number of nitrogens with zero attached hydrogens (tertiary/aromatic N) is 1. The van der Waals surface area contributed by atoms with Gasteiger partial charge in [0, 0.05) is 12.6 Å². The maximum Gasteiger partial charge on any atom is 0.237 e. The summed E-state index contributed by atoms with van der Waals surface area (Å²) >= 11 is 0. The summed E-state index contributed by atoms with van der Waals surface area (Å²) in [7, 11) is 1.81. The molecular formula is C16H31N3O2. The van der Waals surface area contributed by atoms with Crippen LogP contribution in [0.2, 0.25) is 0 Å². The van der Waals surface area contributed by atoms with E-state index >= 15 is 0 Å². The molecule has 0 unspecified atom stereocenters. The van der Waals surface area contributed by atoms with Crippen LogP contribution in [-0.4, -0.2) is 48.9 Å². The molecule has 1 aliphatic rings. The average molecular weight is 297 g/mol. The van der Waals surface area contributed by atoms with Crippen molar-refractivity contribution in [3.05, 3.63) is 0 Å². The highest BCUT2D eigenvalue weighted by molar-refractivity contribution is 5.83. The van der Waals surface area contributed by atoms with Crippen LogP contribution in [0.3, 0.4) is 0 Å². The van der Waals surface area contributed by atoms with E-state index < -0.39 is 0 Å². The Morgan fingerprint density at radius 3 is 2.33 bits per heavy atom. The van der Waals surface area contributed by atoms with E-state index in [0.717, 1.165) is 6.54 Å². The van der Waals surface area contributed by atoms with Crippen molar-refractivity contribution in [3.8, 4) is 0 Å². The highest BCUT2D eigenvalue weighted by Gasteiger charge is 2.21. The van der Waals surface area contributed by atoms with Crippen molar-refractivity contribution in [1.29, 1.82) is 0 Å². The fourth-order valence-corrected chi connectivity index (χ4v) is 2.72. The predicted molar refractivity (Wildman–Crippen MR) is 85.0 cm³/mol. The van der Waals surface area contributed by atoms with Crippen LogP contribution in [0.15, 0.2) is 0 Å². The second-order valence-electron chi connectivity index (χ2n) is 6.56. The Kier molecular flexibility index (Phi) is 7.72. The smallest absolute Gasteiger partial charge is 0.237 e. The lowest BCUT2D eigenvalue weighted by Gasteiger charge is -2.26. The van der Waals surface area contributed by atoms with E-state index in [9.17, 15) is 9.59 Å². The molecule has 1 rings (SSSR count). The predicted octanol–water partition coefficient (Wildman–Crippen LogP) is 1.53. The Labute approximate surface area is 128 Å². The quantitative estimate of drug-likeness (QED) is 0.749. The standard InChI is InChI=1S/C16H31N3O2/c1-12(2)18-15(20)11-19(4)13(3)16(21)17-10-14-8-6-5-7-9-14/h12-14H,5-11H2,1-4H3,(H,17,21)(H,18,20)/t13-/m1/s1. The van der Waals surface area contributed by atoms with Gasteiger partial charge in [0.2, 0.25) is 11.8 Å². The lowest BCUT2D eigenvalue weighted by atomic mass is 9.89. The van der Waals surface area contributed by atoms with Crippen molar-refractivity contribution >= 4 is 11.8 Å². The van der Waals surface area contributed by atoms with Crippen LogP contribution in [0.1, 0.15) is 52.9 Å². The molecule has 0 saturated heterocycles. The molecule has 1 aliphatic carbocycles. The molecule has 1 atom stereocenters. The second-order valence-corrected chi connectivity index (χ2v) is 6.56. The van der Waals surface area contributed by atoms with Gasteiger partial charge >= 0.3 is 0 Å². The topological polar surface area (TPSA) is 61.4 Å². The lowest BCUT2D eigenvalue weighted by molar-refractivity contribution is -0.128. The number of likely N-dealkylation sites (N-methyl/N-ethyl adjacent to an activating group) is 1. The van der Waals surface area contributed by atoms with Crippen LogP contribution in [-0.2, 0) is 9.59 Å². The summed E-state index contributed by atoms with van der Waals surface area (Å²) < 4.78 is 0. The van der Waals surface area contributed by atoms with Crippen molar-refractivity contribution in [2.24, 2.45) is 5.92 Å². The van der Waals surface area contributed by atoms with Crippen molar-refractivity contribution < 1.29 is 9.59 Å². The van der Waals surface area contributed by atoms with Crippen LogP contribution in [0.5, 0.6) is 0 Å². The zero-order valence-electron chi connectivity index (χ0n) is 13.9. The van der Waals surface area contributed by atoms with E-state index in [4.69, 9.17) is 0 Å². The van der Waals surface area contributed by atoms with Gasteiger partial charge in [-0.15, -0.1) is 0 Å². The number of carbonyl (C=O) groups excluding carboxylic acids is 2. The summed E-state index contributed by atoms with van der Waals surface area (Å²) in [5.41, 5.74) is 0. The van der Waals surface area contributed by atoms with Crippen LogP contribution in [0.25, 0.3) is 0 Å². The van der Waals surface area contributed by atoms with E-state index in [2.05, 4.69) is 10.6 Å². The van der Waals surface area contributed by atoms with E-state index in [1.54, 1.807) is 4.90 Å². The number of hydrogen-bond acceptors (Lipinski definition) is 3. The minimum atomic E-state index is -0.286. The highest BCUT2D eigenvalue weighted by Crippen LogP contribution is 2.22. The molecule has 0 radical (unpaired) electrons. The van der Waals surface area contributed by atoms with Gasteiger partial charge in [-0.2, -0.15) is 0 Å². The van der Waals surface area contributed by atoms with Gasteiger partial charge < -0.3 is 10.6 Å². The Morgan fingerprint density at radius 1 is 1.14 bits per heavy atom. The SMILES string of the molecule is CC(C)NC(=O)CN(C)[C@H](C)C(=O)NCC1CCCCC1. The Morgan fingerprint density at radius 2 is 1.76 bits per heavy atom. The Bertz CT molecular complexity index is 338.